The largest absolute Gasteiger partial charge is 0.198 e. The Balaban J connectivity index is 2.67. The Hall–Kier alpha value is -1.29. The molecule has 0 spiro atoms. The third-order valence-electron chi connectivity index (χ3n) is 2.42. The second-order valence-electron chi connectivity index (χ2n) is 3.42. The molecule has 0 saturated carbocycles. The van der Waals surface area contributed by atoms with Crippen LogP contribution in [-0.4, -0.2) is 0 Å². The molecular formula is C12H15N. The summed E-state index contributed by atoms with van der Waals surface area (Å²) in [6.45, 7) is 4.25. The molecule has 1 aliphatic carbocycles. The maximum absolute atomic E-state index is 8.46. The van der Waals surface area contributed by atoms with Crippen molar-refractivity contribution in [3.63, 3.8) is 0 Å². The molecule has 1 rings (SSSR count). The summed E-state index contributed by atoms with van der Waals surface area (Å²) in [6.07, 6.45) is 9.07. The minimum atomic E-state index is 0.631. The number of hydrogen-bond acceptors (Lipinski definition) is 1. The first-order valence-electron chi connectivity index (χ1n) is 4.64. The van der Waals surface area contributed by atoms with Crippen molar-refractivity contribution in [3.05, 3.63) is 34.9 Å². The minimum Gasteiger partial charge on any atom is -0.198 e. The summed E-state index contributed by atoms with van der Waals surface area (Å²) in [4.78, 5) is 0. The molecular weight excluding hydrogens is 158 g/mol. The van der Waals surface area contributed by atoms with Crippen LogP contribution in [0.15, 0.2) is 34.9 Å². The van der Waals surface area contributed by atoms with Crippen molar-refractivity contribution in [2.45, 2.75) is 33.1 Å². The van der Waals surface area contributed by atoms with Gasteiger partial charge in [-0.2, -0.15) is 5.26 Å². The highest BCUT2D eigenvalue weighted by molar-refractivity contribution is 5.35. The number of rotatable bonds is 2. The first kappa shape index (κ1) is 9.80. The Kier molecular flexibility index (Phi) is 3.52. The van der Waals surface area contributed by atoms with Crippen molar-refractivity contribution in [1.29, 1.82) is 5.26 Å². The van der Waals surface area contributed by atoms with E-state index >= 15 is 0 Å². The third kappa shape index (κ3) is 2.91. The molecule has 0 aromatic carbocycles. The van der Waals surface area contributed by atoms with E-state index in [2.05, 4.69) is 38.1 Å². The molecule has 1 aliphatic rings. The van der Waals surface area contributed by atoms with Crippen molar-refractivity contribution in [2.24, 2.45) is 0 Å². The summed E-state index contributed by atoms with van der Waals surface area (Å²) in [6, 6.07) is 2.18. The van der Waals surface area contributed by atoms with Gasteiger partial charge in [0.25, 0.3) is 0 Å². The van der Waals surface area contributed by atoms with E-state index in [1.54, 1.807) is 0 Å². The van der Waals surface area contributed by atoms with Gasteiger partial charge in [-0.05, 0) is 32.3 Å². The quantitative estimate of drug-likeness (QED) is 0.626. The van der Waals surface area contributed by atoms with Gasteiger partial charge < -0.3 is 0 Å². The Morgan fingerprint density at radius 1 is 1.31 bits per heavy atom. The molecule has 0 aliphatic heterocycles. The van der Waals surface area contributed by atoms with Crippen LogP contribution in [0.1, 0.15) is 33.1 Å². The summed E-state index contributed by atoms with van der Waals surface area (Å²) in [7, 11) is 0. The van der Waals surface area contributed by atoms with Crippen molar-refractivity contribution < 1.29 is 0 Å². The Morgan fingerprint density at radius 3 is 2.77 bits per heavy atom. The van der Waals surface area contributed by atoms with E-state index in [0.717, 1.165) is 12.8 Å². The second kappa shape index (κ2) is 4.67. The fourth-order valence-electron chi connectivity index (χ4n) is 1.29. The van der Waals surface area contributed by atoms with Crippen LogP contribution < -0.4 is 0 Å². The van der Waals surface area contributed by atoms with Crippen LogP contribution in [0.5, 0.6) is 0 Å². The fraction of sp³-hybridized carbons (Fsp3) is 0.417. The van der Waals surface area contributed by atoms with Crippen LogP contribution in [0, 0.1) is 11.3 Å². The lowest BCUT2D eigenvalue weighted by Gasteiger charge is -1.98. The summed E-state index contributed by atoms with van der Waals surface area (Å²) < 4.78 is 0. The van der Waals surface area contributed by atoms with Gasteiger partial charge in [0, 0.05) is 6.42 Å². The standard InChI is InChI=1S/C12H15N/c1-10-5-7-12(4-3-9-13)8-6-11(10)2/h5-7H,3-4,8H2,1-2H3. The van der Waals surface area contributed by atoms with Crippen LogP contribution in [0.2, 0.25) is 0 Å². The zero-order valence-corrected chi connectivity index (χ0v) is 8.30. The van der Waals surface area contributed by atoms with Crippen LogP contribution in [-0.2, 0) is 0 Å². The number of hydrogen-bond donors (Lipinski definition) is 0. The van der Waals surface area contributed by atoms with Gasteiger partial charge >= 0.3 is 0 Å². The topological polar surface area (TPSA) is 23.8 Å². The van der Waals surface area contributed by atoms with Gasteiger partial charge in [-0.25, -0.2) is 0 Å². The molecule has 0 amide bonds. The van der Waals surface area contributed by atoms with Gasteiger partial charge in [0.1, 0.15) is 0 Å². The summed E-state index contributed by atoms with van der Waals surface area (Å²) >= 11 is 0. The normalized spacial score (nSPS) is 16.5. The molecule has 0 N–H and O–H groups in total. The molecule has 0 aromatic rings. The molecule has 0 bridgehead atoms. The summed E-state index contributed by atoms with van der Waals surface area (Å²) in [5, 5.41) is 8.46. The van der Waals surface area contributed by atoms with E-state index < -0.39 is 0 Å². The van der Waals surface area contributed by atoms with Gasteiger partial charge in [0.15, 0.2) is 0 Å². The molecule has 1 heteroatoms. The molecule has 0 radical (unpaired) electrons. The van der Waals surface area contributed by atoms with Gasteiger partial charge in [-0.3, -0.25) is 0 Å². The van der Waals surface area contributed by atoms with Crippen molar-refractivity contribution in [2.75, 3.05) is 0 Å². The fourth-order valence-corrected chi connectivity index (χ4v) is 1.29. The Morgan fingerprint density at radius 2 is 2.08 bits per heavy atom. The van der Waals surface area contributed by atoms with Gasteiger partial charge in [-0.1, -0.05) is 29.4 Å². The molecule has 0 fully saturated rings. The minimum absolute atomic E-state index is 0.631. The average molecular weight is 173 g/mol. The molecule has 1 nitrogen and oxygen atoms in total. The molecule has 0 aromatic heterocycles. The number of nitrogens with zero attached hydrogens (tertiary/aromatic N) is 1. The zero-order valence-electron chi connectivity index (χ0n) is 8.30. The lowest BCUT2D eigenvalue weighted by Crippen LogP contribution is -1.80. The van der Waals surface area contributed by atoms with Crippen molar-refractivity contribution >= 4 is 0 Å². The lowest BCUT2D eigenvalue weighted by molar-refractivity contribution is 0.948. The molecule has 0 saturated heterocycles. The number of allylic oxidation sites excluding steroid dienone is 6. The second-order valence-corrected chi connectivity index (χ2v) is 3.42. The van der Waals surface area contributed by atoms with E-state index in [1.807, 2.05) is 0 Å². The Labute approximate surface area is 80.1 Å². The van der Waals surface area contributed by atoms with Crippen molar-refractivity contribution in [1.82, 2.24) is 0 Å². The molecule has 0 unspecified atom stereocenters. The van der Waals surface area contributed by atoms with E-state index in [9.17, 15) is 0 Å². The van der Waals surface area contributed by atoms with Gasteiger partial charge in [0.05, 0.1) is 6.07 Å². The average Bonchev–Trinajstić information content (AvgIpc) is 2.29. The van der Waals surface area contributed by atoms with Gasteiger partial charge in [-0.15, -0.1) is 0 Å². The number of nitriles is 1. The maximum Gasteiger partial charge on any atom is 0.0625 e. The monoisotopic (exact) mass is 173 g/mol. The van der Waals surface area contributed by atoms with Crippen molar-refractivity contribution in [3.8, 4) is 6.07 Å². The molecule has 68 valence electrons. The third-order valence-corrected chi connectivity index (χ3v) is 2.42. The summed E-state index contributed by atoms with van der Waals surface area (Å²) in [5.74, 6) is 0. The van der Waals surface area contributed by atoms with E-state index in [4.69, 9.17) is 5.26 Å². The predicted octanol–water partition coefficient (Wildman–Crippen LogP) is 3.51. The first-order chi connectivity index (χ1) is 6.24. The zero-order chi connectivity index (χ0) is 9.68. The van der Waals surface area contributed by atoms with E-state index in [-0.39, 0.29) is 0 Å². The molecule has 0 heterocycles. The maximum atomic E-state index is 8.46. The van der Waals surface area contributed by atoms with Crippen LogP contribution >= 0.6 is 0 Å². The van der Waals surface area contributed by atoms with E-state index in [1.165, 1.54) is 16.7 Å². The lowest BCUT2D eigenvalue weighted by atomic mass is 10.1. The van der Waals surface area contributed by atoms with Gasteiger partial charge in [0.2, 0.25) is 0 Å². The molecule has 13 heavy (non-hydrogen) atoms. The van der Waals surface area contributed by atoms with Crippen LogP contribution in [0.3, 0.4) is 0 Å². The molecule has 0 atom stereocenters. The predicted molar refractivity (Wildman–Crippen MR) is 55.1 cm³/mol. The van der Waals surface area contributed by atoms with Crippen LogP contribution in [0.25, 0.3) is 0 Å². The first-order valence-corrected chi connectivity index (χ1v) is 4.64. The SMILES string of the molecule is CC1=CC=C(CCC#N)CC=C1C. The highest BCUT2D eigenvalue weighted by Crippen LogP contribution is 2.19. The highest BCUT2D eigenvalue weighted by Gasteiger charge is 2.00. The smallest absolute Gasteiger partial charge is 0.0625 e. The Bertz CT molecular complexity index is 311. The summed E-state index contributed by atoms with van der Waals surface area (Å²) in [5.41, 5.74) is 4.04. The van der Waals surface area contributed by atoms with E-state index in [0.29, 0.717) is 6.42 Å². The highest BCUT2D eigenvalue weighted by atomic mass is 14.2. The van der Waals surface area contributed by atoms with Crippen LogP contribution in [0.4, 0.5) is 0 Å².